The second kappa shape index (κ2) is 5.27. The number of hydrogen-bond acceptors (Lipinski definition) is 3. The van der Waals surface area contributed by atoms with Crippen molar-refractivity contribution in [1.29, 1.82) is 0 Å². The fraction of sp³-hybridized carbons (Fsp3) is 1.00. The number of rotatable bonds is 5. The van der Waals surface area contributed by atoms with E-state index in [1.807, 2.05) is 0 Å². The average Bonchev–Trinajstić information content (AvgIpc) is 2.23. The lowest BCUT2D eigenvalue weighted by Crippen LogP contribution is -2.54. The maximum atomic E-state index is 11.5. The Morgan fingerprint density at radius 1 is 1.18 bits per heavy atom. The van der Waals surface area contributed by atoms with E-state index in [1.165, 1.54) is 12.8 Å². The van der Waals surface area contributed by atoms with Gasteiger partial charge >= 0.3 is 0 Å². The van der Waals surface area contributed by atoms with Crippen LogP contribution in [0.2, 0.25) is 0 Å². The molecule has 0 aliphatic heterocycles. The monoisotopic (exact) mass is 261 g/mol. The predicted octanol–water partition coefficient (Wildman–Crippen LogP) is 2.50. The van der Waals surface area contributed by atoms with Crippen molar-refractivity contribution in [3.63, 3.8) is 0 Å². The van der Waals surface area contributed by atoms with Crippen LogP contribution in [-0.2, 0) is 9.84 Å². The van der Waals surface area contributed by atoms with Crippen LogP contribution in [-0.4, -0.2) is 25.5 Å². The Morgan fingerprint density at radius 3 is 2.29 bits per heavy atom. The fourth-order valence-electron chi connectivity index (χ4n) is 2.81. The van der Waals surface area contributed by atoms with Gasteiger partial charge in [-0.05, 0) is 31.1 Å². The Kier molecular flexibility index (Phi) is 4.64. The highest BCUT2D eigenvalue weighted by atomic mass is 32.2. The van der Waals surface area contributed by atoms with Crippen LogP contribution >= 0.6 is 0 Å². The zero-order valence-electron chi connectivity index (χ0n) is 11.5. The highest BCUT2D eigenvalue weighted by Gasteiger charge is 2.42. The van der Waals surface area contributed by atoms with E-state index in [9.17, 15) is 8.42 Å². The summed E-state index contributed by atoms with van der Waals surface area (Å²) in [6.07, 6.45) is 6.16. The summed E-state index contributed by atoms with van der Waals surface area (Å²) in [5.41, 5.74) is 6.48. The molecule has 0 spiro atoms. The molecular formula is C13H27NO2S. The molecule has 4 heteroatoms. The van der Waals surface area contributed by atoms with Gasteiger partial charge in [0.25, 0.3) is 0 Å². The molecule has 2 N–H and O–H groups in total. The summed E-state index contributed by atoms with van der Waals surface area (Å²) in [7, 11) is -2.84. The maximum absolute atomic E-state index is 11.5. The van der Waals surface area contributed by atoms with Gasteiger partial charge in [0.05, 0.1) is 5.75 Å². The van der Waals surface area contributed by atoms with Crippen molar-refractivity contribution in [2.75, 3.05) is 11.5 Å². The van der Waals surface area contributed by atoms with Gasteiger partial charge in [-0.1, -0.05) is 33.6 Å². The third-order valence-corrected chi connectivity index (χ3v) is 6.33. The molecule has 0 aromatic carbocycles. The number of hydrogen-bond donors (Lipinski definition) is 1. The van der Waals surface area contributed by atoms with Crippen LogP contribution in [0.4, 0.5) is 0 Å². The molecular weight excluding hydrogens is 234 g/mol. The van der Waals surface area contributed by atoms with E-state index in [0.29, 0.717) is 12.2 Å². The number of sulfone groups is 1. The van der Waals surface area contributed by atoms with E-state index in [1.54, 1.807) is 6.92 Å². The van der Waals surface area contributed by atoms with Gasteiger partial charge in [-0.3, -0.25) is 0 Å². The standard InChI is InChI=1S/C13H27NO2S/c1-4-17(15,16)11-7-10-13(14)9-6-5-8-12(13,2)3/h4-11,14H2,1-3H3. The van der Waals surface area contributed by atoms with E-state index in [-0.39, 0.29) is 16.7 Å². The quantitative estimate of drug-likeness (QED) is 0.827. The Balaban J connectivity index is 2.55. The topological polar surface area (TPSA) is 60.2 Å². The molecule has 1 rings (SSSR count). The van der Waals surface area contributed by atoms with Gasteiger partial charge in [0.1, 0.15) is 9.84 Å². The third kappa shape index (κ3) is 3.68. The molecule has 1 saturated carbocycles. The first-order valence-electron chi connectivity index (χ1n) is 6.72. The number of nitrogens with two attached hydrogens (primary N) is 1. The van der Waals surface area contributed by atoms with Gasteiger partial charge in [-0.25, -0.2) is 8.42 Å². The molecule has 3 nitrogen and oxygen atoms in total. The lowest BCUT2D eigenvalue weighted by Gasteiger charge is -2.48. The molecule has 1 fully saturated rings. The van der Waals surface area contributed by atoms with Gasteiger partial charge in [-0.15, -0.1) is 0 Å². The molecule has 0 aromatic rings. The maximum Gasteiger partial charge on any atom is 0.150 e. The first kappa shape index (κ1) is 15.0. The first-order valence-corrected chi connectivity index (χ1v) is 8.54. The van der Waals surface area contributed by atoms with Gasteiger partial charge in [0.2, 0.25) is 0 Å². The van der Waals surface area contributed by atoms with E-state index < -0.39 is 9.84 Å². The molecule has 0 bridgehead atoms. The van der Waals surface area contributed by atoms with Crippen LogP contribution in [0.1, 0.15) is 59.3 Å². The summed E-state index contributed by atoms with van der Waals surface area (Å²) in [5, 5.41) is 0. The first-order chi connectivity index (χ1) is 7.72. The van der Waals surface area contributed by atoms with Crippen molar-refractivity contribution in [1.82, 2.24) is 0 Å². The van der Waals surface area contributed by atoms with E-state index in [0.717, 1.165) is 19.3 Å². The van der Waals surface area contributed by atoms with Gasteiger partial charge in [-0.2, -0.15) is 0 Å². The van der Waals surface area contributed by atoms with Crippen molar-refractivity contribution >= 4 is 9.84 Å². The summed E-state index contributed by atoms with van der Waals surface area (Å²) in [6.45, 7) is 6.15. The molecule has 0 heterocycles. The van der Waals surface area contributed by atoms with Crippen molar-refractivity contribution in [3.05, 3.63) is 0 Å². The minimum Gasteiger partial charge on any atom is -0.325 e. The Hall–Kier alpha value is -0.0900. The lowest BCUT2D eigenvalue weighted by molar-refractivity contribution is 0.0901. The molecule has 1 unspecified atom stereocenters. The Bertz CT molecular complexity index is 348. The highest BCUT2D eigenvalue weighted by molar-refractivity contribution is 7.91. The normalized spacial score (nSPS) is 29.2. The van der Waals surface area contributed by atoms with Crippen LogP contribution in [0.25, 0.3) is 0 Å². The van der Waals surface area contributed by atoms with Gasteiger partial charge in [0, 0.05) is 11.3 Å². The molecule has 0 radical (unpaired) electrons. The van der Waals surface area contributed by atoms with Gasteiger partial charge < -0.3 is 5.73 Å². The average molecular weight is 261 g/mol. The largest absolute Gasteiger partial charge is 0.325 e. The van der Waals surface area contributed by atoms with Crippen LogP contribution in [0, 0.1) is 5.41 Å². The van der Waals surface area contributed by atoms with E-state index >= 15 is 0 Å². The zero-order chi connectivity index (χ0) is 13.2. The molecule has 17 heavy (non-hydrogen) atoms. The van der Waals surface area contributed by atoms with Crippen molar-refractivity contribution in [2.24, 2.45) is 11.1 Å². The SMILES string of the molecule is CCS(=O)(=O)CCCC1(N)CCCCC1(C)C. The smallest absolute Gasteiger partial charge is 0.150 e. The lowest BCUT2D eigenvalue weighted by atomic mass is 9.62. The molecule has 1 atom stereocenters. The Morgan fingerprint density at radius 2 is 1.76 bits per heavy atom. The molecule has 0 amide bonds. The minimum absolute atomic E-state index is 0.140. The van der Waals surface area contributed by atoms with Crippen molar-refractivity contribution in [2.45, 2.75) is 64.8 Å². The predicted molar refractivity (Wildman–Crippen MR) is 72.7 cm³/mol. The van der Waals surface area contributed by atoms with Crippen LogP contribution in [0.3, 0.4) is 0 Å². The summed E-state index contributed by atoms with van der Waals surface area (Å²) in [6, 6.07) is 0. The second-order valence-electron chi connectivity index (χ2n) is 6.09. The molecule has 0 saturated heterocycles. The van der Waals surface area contributed by atoms with Crippen molar-refractivity contribution in [3.8, 4) is 0 Å². The molecule has 0 aromatic heterocycles. The van der Waals surface area contributed by atoms with E-state index in [4.69, 9.17) is 5.73 Å². The summed E-state index contributed by atoms with van der Waals surface area (Å²) in [4.78, 5) is 0. The zero-order valence-corrected chi connectivity index (χ0v) is 12.3. The fourth-order valence-corrected chi connectivity index (χ4v) is 3.68. The second-order valence-corrected chi connectivity index (χ2v) is 8.56. The van der Waals surface area contributed by atoms with Crippen LogP contribution in [0.15, 0.2) is 0 Å². The molecule has 1 aliphatic carbocycles. The van der Waals surface area contributed by atoms with E-state index in [2.05, 4.69) is 13.8 Å². The van der Waals surface area contributed by atoms with Crippen molar-refractivity contribution < 1.29 is 8.42 Å². The third-order valence-electron chi connectivity index (χ3n) is 4.54. The van der Waals surface area contributed by atoms with Crippen LogP contribution < -0.4 is 5.73 Å². The van der Waals surface area contributed by atoms with Crippen LogP contribution in [0.5, 0.6) is 0 Å². The van der Waals surface area contributed by atoms with Gasteiger partial charge in [0.15, 0.2) is 0 Å². The molecule has 1 aliphatic rings. The highest BCUT2D eigenvalue weighted by Crippen LogP contribution is 2.44. The summed E-state index contributed by atoms with van der Waals surface area (Å²) < 4.78 is 22.9. The summed E-state index contributed by atoms with van der Waals surface area (Å²) in [5.74, 6) is 0.534. The Labute approximate surface area is 106 Å². The summed E-state index contributed by atoms with van der Waals surface area (Å²) >= 11 is 0. The minimum atomic E-state index is -2.84. The molecule has 102 valence electrons.